The van der Waals surface area contributed by atoms with Crippen molar-refractivity contribution in [3.63, 3.8) is 0 Å². The van der Waals surface area contributed by atoms with E-state index >= 15 is 0 Å². The molecule has 0 radical (unpaired) electrons. The molecule has 1 aromatic carbocycles. The molecule has 27 heavy (non-hydrogen) atoms. The number of carbonyl (C=O) groups is 2. The summed E-state index contributed by atoms with van der Waals surface area (Å²) in [4.78, 5) is 29.8. The molecule has 3 aromatic rings. The number of aromatic nitrogens is 2. The van der Waals surface area contributed by atoms with Crippen molar-refractivity contribution in [2.45, 2.75) is 31.7 Å². The van der Waals surface area contributed by atoms with Gasteiger partial charge < -0.3 is 10.6 Å². The molecule has 1 saturated carbocycles. The molecule has 0 aliphatic heterocycles. The van der Waals surface area contributed by atoms with E-state index in [1.807, 2.05) is 6.07 Å². The Morgan fingerprint density at radius 2 is 1.89 bits per heavy atom. The minimum Gasteiger partial charge on any atom is -0.348 e. The molecule has 2 N–H and O–H groups in total. The molecule has 0 bridgehead atoms. The summed E-state index contributed by atoms with van der Waals surface area (Å²) >= 11 is 5.97. The van der Waals surface area contributed by atoms with Crippen LogP contribution in [0.2, 0.25) is 5.02 Å². The topological polar surface area (TPSA) is 75.5 Å². The maximum Gasteiger partial charge on any atom is 0.292 e. The summed E-state index contributed by atoms with van der Waals surface area (Å²) in [7, 11) is 0. The van der Waals surface area contributed by atoms with Gasteiger partial charge in [0.1, 0.15) is 0 Å². The van der Waals surface area contributed by atoms with Crippen LogP contribution in [0.3, 0.4) is 0 Å². The summed E-state index contributed by atoms with van der Waals surface area (Å²) in [5.41, 5.74) is 1.43. The minimum absolute atomic E-state index is 0.155. The number of fused-ring (bicyclic) bond motifs is 1. The largest absolute Gasteiger partial charge is 0.348 e. The van der Waals surface area contributed by atoms with Crippen molar-refractivity contribution in [1.82, 2.24) is 14.7 Å². The number of halogens is 1. The predicted molar refractivity (Wildman–Crippen MR) is 104 cm³/mol. The number of benzene rings is 1. The highest BCUT2D eigenvalue weighted by Crippen LogP contribution is 2.20. The van der Waals surface area contributed by atoms with Gasteiger partial charge in [-0.15, -0.1) is 0 Å². The highest BCUT2D eigenvalue weighted by atomic mass is 35.5. The lowest BCUT2D eigenvalue weighted by Crippen LogP contribution is -2.33. The number of nitrogens with one attached hydrogen (secondary N) is 2. The number of imidazole rings is 1. The smallest absolute Gasteiger partial charge is 0.292 e. The summed E-state index contributed by atoms with van der Waals surface area (Å²) < 4.78 is 1.63. The lowest BCUT2D eigenvalue weighted by Gasteiger charge is -2.10. The molecule has 2 heterocycles. The zero-order chi connectivity index (χ0) is 18.8. The van der Waals surface area contributed by atoms with E-state index in [-0.39, 0.29) is 23.5 Å². The van der Waals surface area contributed by atoms with Crippen LogP contribution >= 0.6 is 11.6 Å². The summed E-state index contributed by atoms with van der Waals surface area (Å²) in [6.45, 7) is 0. The van der Waals surface area contributed by atoms with E-state index in [9.17, 15) is 9.59 Å². The fraction of sp³-hybridized carbons (Fsp3) is 0.250. The van der Waals surface area contributed by atoms with E-state index in [4.69, 9.17) is 11.6 Å². The van der Waals surface area contributed by atoms with E-state index in [0.717, 1.165) is 25.7 Å². The first kappa shape index (κ1) is 17.5. The maximum absolute atomic E-state index is 12.8. The molecule has 138 valence electrons. The molecule has 1 aliphatic rings. The summed E-state index contributed by atoms with van der Waals surface area (Å²) in [5, 5.41) is 6.34. The summed E-state index contributed by atoms with van der Waals surface area (Å²) in [5.74, 6) is -0.493. The van der Waals surface area contributed by atoms with Crippen LogP contribution in [-0.4, -0.2) is 27.2 Å². The highest BCUT2D eigenvalue weighted by Gasteiger charge is 2.24. The highest BCUT2D eigenvalue weighted by molar-refractivity contribution is 6.31. The van der Waals surface area contributed by atoms with Crippen molar-refractivity contribution < 1.29 is 9.59 Å². The number of anilines is 1. The van der Waals surface area contributed by atoms with Crippen molar-refractivity contribution in [3.05, 3.63) is 65.2 Å². The molecule has 4 rings (SSSR count). The van der Waals surface area contributed by atoms with Crippen LogP contribution < -0.4 is 10.6 Å². The van der Waals surface area contributed by atoms with Crippen molar-refractivity contribution >= 4 is 34.6 Å². The molecule has 1 fully saturated rings. The molecule has 1 aliphatic carbocycles. The van der Waals surface area contributed by atoms with Crippen LogP contribution in [-0.2, 0) is 0 Å². The zero-order valence-electron chi connectivity index (χ0n) is 14.6. The van der Waals surface area contributed by atoms with E-state index in [1.165, 1.54) is 0 Å². The van der Waals surface area contributed by atoms with E-state index in [2.05, 4.69) is 15.6 Å². The standard InChI is InChI=1S/C20H19ClN4O2/c21-13-6-5-9-15(12-13)23-20(27)18-24-17(16-10-3-4-11-25(16)18)19(26)22-14-7-1-2-8-14/h3-6,9-12,14H,1-2,7-8H2,(H,22,26)(H,23,27). The average molecular weight is 383 g/mol. The third kappa shape index (κ3) is 3.66. The first-order valence-electron chi connectivity index (χ1n) is 8.97. The van der Waals surface area contributed by atoms with Gasteiger partial charge in [0.15, 0.2) is 5.69 Å². The Hall–Kier alpha value is -2.86. The second-order valence-corrected chi connectivity index (χ2v) is 7.10. The Morgan fingerprint density at radius 1 is 1.07 bits per heavy atom. The second-order valence-electron chi connectivity index (χ2n) is 6.66. The molecule has 0 atom stereocenters. The van der Waals surface area contributed by atoms with E-state index in [0.29, 0.717) is 16.2 Å². The Balaban J connectivity index is 1.64. The Morgan fingerprint density at radius 3 is 2.67 bits per heavy atom. The van der Waals surface area contributed by atoms with E-state index < -0.39 is 5.91 Å². The number of hydrogen-bond donors (Lipinski definition) is 2. The van der Waals surface area contributed by atoms with Crippen molar-refractivity contribution in [1.29, 1.82) is 0 Å². The van der Waals surface area contributed by atoms with Gasteiger partial charge in [-0.3, -0.25) is 14.0 Å². The molecule has 2 amide bonds. The van der Waals surface area contributed by atoms with Crippen LogP contribution in [0.5, 0.6) is 0 Å². The Bertz CT molecular complexity index is 1010. The van der Waals surface area contributed by atoms with Gasteiger partial charge in [0.2, 0.25) is 5.82 Å². The summed E-state index contributed by atoms with van der Waals surface area (Å²) in [6, 6.07) is 12.5. The second kappa shape index (κ2) is 7.40. The normalized spacial score (nSPS) is 14.4. The first-order valence-corrected chi connectivity index (χ1v) is 9.34. The number of carbonyl (C=O) groups excluding carboxylic acids is 2. The molecule has 0 unspecified atom stereocenters. The number of nitrogens with zero attached hydrogens (tertiary/aromatic N) is 2. The van der Waals surface area contributed by atoms with Crippen LogP contribution in [0.1, 0.15) is 46.8 Å². The van der Waals surface area contributed by atoms with Crippen molar-refractivity contribution in [2.75, 3.05) is 5.32 Å². The molecular formula is C20H19ClN4O2. The number of rotatable bonds is 4. The van der Waals surface area contributed by atoms with Gasteiger partial charge in [0.25, 0.3) is 11.8 Å². The first-order chi connectivity index (χ1) is 13.1. The molecule has 7 heteroatoms. The Labute approximate surface area is 161 Å². The van der Waals surface area contributed by atoms with Crippen LogP contribution in [0, 0.1) is 0 Å². The number of pyridine rings is 1. The van der Waals surface area contributed by atoms with Crippen LogP contribution in [0.25, 0.3) is 5.52 Å². The molecular weight excluding hydrogens is 364 g/mol. The van der Waals surface area contributed by atoms with Gasteiger partial charge in [-0.25, -0.2) is 4.98 Å². The quantitative estimate of drug-likeness (QED) is 0.718. The molecule has 2 aromatic heterocycles. The van der Waals surface area contributed by atoms with E-state index in [1.54, 1.807) is 47.0 Å². The number of amides is 2. The van der Waals surface area contributed by atoms with Gasteiger partial charge in [0.05, 0.1) is 5.52 Å². The maximum atomic E-state index is 12.8. The van der Waals surface area contributed by atoms with Gasteiger partial charge >= 0.3 is 0 Å². The van der Waals surface area contributed by atoms with Gasteiger partial charge in [-0.1, -0.05) is 36.6 Å². The lowest BCUT2D eigenvalue weighted by molar-refractivity contribution is 0.0935. The monoisotopic (exact) mass is 382 g/mol. The average Bonchev–Trinajstić information content (AvgIpc) is 3.29. The third-order valence-corrected chi connectivity index (χ3v) is 4.97. The van der Waals surface area contributed by atoms with Crippen LogP contribution in [0.4, 0.5) is 5.69 Å². The molecule has 0 spiro atoms. The fourth-order valence-electron chi connectivity index (χ4n) is 3.44. The van der Waals surface area contributed by atoms with Crippen molar-refractivity contribution in [2.24, 2.45) is 0 Å². The molecule has 6 nitrogen and oxygen atoms in total. The summed E-state index contributed by atoms with van der Waals surface area (Å²) in [6.07, 6.45) is 5.95. The number of hydrogen-bond acceptors (Lipinski definition) is 3. The SMILES string of the molecule is O=C(NC1CCCC1)c1nc(C(=O)Nc2cccc(Cl)c2)n2ccccc12. The zero-order valence-corrected chi connectivity index (χ0v) is 15.4. The molecule has 0 saturated heterocycles. The van der Waals surface area contributed by atoms with Gasteiger partial charge in [-0.05, 0) is 43.2 Å². The lowest BCUT2D eigenvalue weighted by atomic mass is 10.2. The predicted octanol–water partition coefficient (Wildman–Crippen LogP) is 3.91. The minimum atomic E-state index is -0.404. The van der Waals surface area contributed by atoms with Crippen molar-refractivity contribution in [3.8, 4) is 0 Å². The van der Waals surface area contributed by atoms with Gasteiger partial charge in [0, 0.05) is 22.9 Å². The Kier molecular flexibility index (Phi) is 4.81. The third-order valence-electron chi connectivity index (χ3n) is 4.74. The van der Waals surface area contributed by atoms with Gasteiger partial charge in [-0.2, -0.15) is 0 Å². The fourth-order valence-corrected chi connectivity index (χ4v) is 3.63. The van der Waals surface area contributed by atoms with Crippen LogP contribution in [0.15, 0.2) is 48.7 Å².